The summed E-state index contributed by atoms with van der Waals surface area (Å²) in [5, 5.41) is 2.84. The van der Waals surface area contributed by atoms with E-state index in [4.69, 9.17) is 4.74 Å². The standard InChI is InChI=1S/C26H30N2O4S/c1-18-6-9-22(10-7-18)16-27-26(29)17-28(23-13-20(3)12-21(4)14-23)33(30,31)25-15-19(2)8-11-24(25)32-5/h6-15H,16-17H2,1-5H3,(H,27,29). The van der Waals surface area contributed by atoms with Gasteiger partial charge in [0, 0.05) is 6.54 Å². The molecule has 6 nitrogen and oxygen atoms in total. The fourth-order valence-corrected chi connectivity index (χ4v) is 5.25. The first kappa shape index (κ1) is 24.3. The Hall–Kier alpha value is -3.32. The molecule has 0 aliphatic rings. The molecule has 0 heterocycles. The first-order valence-corrected chi connectivity index (χ1v) is 12.1. The van der Waals surface area contributed by atoms with Gasteiger partial charge >= 0.3 is 0 Å². The Morgan fingerprint density at radius 1 is 0.848 bits per heavy atom. The van der Waals surface area contributed by atoms with Gasteiger partial charge in [-0.05, 0) is 74.2 Å². The van der Waals surface area contributed by atoms with Crippen LogP contribution < -0.4 is 14.4 Å². The minimum Gasteiger partial charge on any atom is -0.495 e. The highest BCUT2D eigenvalue weighted by atomic mass is 32.2. The van der Waals surface area contributed by atoms with Crippen molar-refractivity contribution in [3.05, 3.63) is 88.5 Å². The maximum Gasteiger partial charge on any atom is 0.268 e. The molecule has 0 aliphatic heterocycles. The molecule has 7 heteroatoms. The second-order valence-electron chi connectivity index (χ2n) is 8.27. The number of anilines is 1. The van der Waals surface area contributed by atoms with Gasteiger partial charge in [0.1, 0.15) is 17.2 Å². The van der Waals surface area contributed by atoms with E-state index in [9.17, 15) is 13.2 Å². The Morgan fingerprint density at radius 3 is 2.06 bits per heavy atom. The molecular formula is C26H30N2O4S. The Morgan fingerprint density at radius 2 is 1.45 bits per heavy atom. The number of rotatable bonds is 8. The molecular weight excluding hydrogens is 436 g/mol. The Bertz CT molecular complexity index is 1230. The molecule has 33 heavy (non-hydrogen) atoms. The molecule has 0 fully saturated rings. The van der Waals surface area contributed by atoms with Crippen LogP contribution in [0.25, 0.3) is 0 Å². The summed E-state index contributed by atoms with van der Waals surface area (Å²) >= 11 is 0. The molecule has 3 aromatic carbocycles. The quantitative estimate of drug-likeness (QED) is 0.533. The number of sulfonamides is 1. The van der Waals surface area contributed by atoms with Gasteiger partial charge in [0.15, 0.2) is 0 Å². The number of hydrogen-bond donors (Lipinski definition) is 1. The molecule has 3 rings (SSSR count). The predicted molar refractivity (Wildman–Crippen MR) is 131 cm³/mol. The molecule has 1 amide bonds. The molecule has 0 spiro atoms. The smallest absolute Gasteiger partial charge is 0.268 e. The Labute approximate surface area is 196 Å². The van der Waals surface area contributed by atoms with Gasteiger partial charge in [0.2, 0.25) is 5.91 Å². The summed E-state index contributed by atoms with van der Waals surface area (Å²) in [5.41, 5.74) is 5.09. The van der Waals surface area contributed by atoms with E-state index < -0.39 is 15.9 Å². The molecule has 0 unspecified atom stereocenters. The largest absolute Gasteiger partial charge is 0.495 e. The lowest BCUT2D eigenvalue weighted by atomic mass is 10.1. The number of aryl methyl sites for hydroxylation is 4. The molecule has 174 valence electrons. The van der Waals surface area contributed by atoms with Crippen LogP contribution in [0, 0.1) is 27.7 Å². The second-order valence-corrected chi connectivity index (χ2v) is 10.1. The highest BCUT2D eigenvalue weighted by molar-refractivity contribution is 7.93. The lowest BCUT2D eigenvalue weighted by molar-refractivity contribution is -0.119. The molecule has 0 saturated carbocycles. The van der Waals surface area contributed by atoms with Crippen molar-refractivity contribution < 1.29 is 17.9 Å². The van der Waals surface area contributed by atoms with Crippen LogP contribution in [0.1, 0.15) is 27.8 Å². The topological polar surface area (TPSA) is 75.7 Å². The van der Waals surface area contributed by atoms with Crippen LogP contribution in [-0.2, 0) is 21.4 Å². The predicted octanol–water partition coefficient (Wildman–Crippen LogP) is 4.44. The van der Waals surface area contributed by atoms with Crippen molar-refractivity contribution >= 4 is 21.6 Å². The highest BCUT2D eigenvalue weighted by Gasteiger charge is 2.30. The lowest BCUT2D eigenvalue weighted by Gasteiger charge is -2.26. The van der Waals surface area contributed by atoms with Crippen molar-refractivity contribution in [1.29, 1.82) is 0 Å². The maximum atomic E-state index is 13.8. The summed E-state index contributed by atoms with van der Waals surface area (Å²) in [7, 11) is -2.66. The van der Waals surface area contributed by atoms with Gasteiger partial charge in [0.05, 0.1) is 12.8 Å². The van der Waals surface area contributed by atoms with Gasteiger partial charge in [-0.3, -0.25) is 9.10 Å². The minimum atomic E-state index is -4.09. The van der Waals surface area contributed by atoms with E-state index in [2.05, 4.69) is 5.32 Å². The lowest BCUT2D eigenvalue weighted by Crippen LogP contribution is -2.41. The van der Waals surface area contributed by atoms with E-state index in [1.54, 1.807) is 30.3 Å². The maximum absolute atomic E-state index is 13.8. The molecule has 0 atom stereocenters. The first-order valence-electron chi connectivity index (χ1n) is 10.7. The molecule has 0 radical (unpaired) electrons. The van der Waals surface area contributed by atoms with E-state index in [0.29, 0.717) is 12.2 Å². The van der Waals surface area contributed by atoms with E-state index >= 15 is 0 Å². The number of ether oxygens (including phenoxy) is 1. The fraction of sp³-hybridized carbons (Fsp3) is 0.269. The van der Waals surface area contributed by atoms with Gasteiger partial charge in [-0.2, -0.15) is 0 Å². The van der Waals surface area contributed by atoms with Crippen LogP contribution in [0.2, 0.25) is 0 Å². The summed E-state index contributed by atoms with van der Waals surface area (Å²) < 4.78 is 34.1. The van der Waals surface area contributed by atoms with Gasteiger partial charge in [0.25, 0.3) is 10.0 Å². The van der Waals surface area contributed by atoms with Gasteiger partial charge in [-0.1, -0.05) is 42.0 Å². The normalized spacial score (nSPS) is 11.2. The van der Waals surface area contributed by atoms with E-state index in [1.807, 2.05) is 58.0 Å². The summed E-state index contributed by atoms with van der Waals surface area (Å²) in [4.78, 5) is 12.9. The number of carbonyl (C=O) groups excluding carboxylic acids is 1. The Kier molecular flexibility index (Phi) is 7.43. The van der Waals surface area contributed by atoms with Crippen molar-refractivity contribution in [1.82, 2.24) is 5.32 Å². The second kappa shape index (κ2) is 10.1. The number of nitrogens with zero attached hydrogens (tertiary/aromatic N) is 1. The fourth-order valence-electron chi connectivity index (χ4n) is 3.61. The van der Waals surface area contributed by atoms with Crippen LogP contribution >= 0.6 is 0 Å². The third-order valence-electron chi connectivity index (χ3n) is 5.28. The van der Waals surface area contributed by atoms with Crippen LogP contribution in [0.5, 0.6) is 5.75 Å². The number of amides is 1. The molecule has 0 saturated heterocycles. The third-order valence-corrected chi connectivity index (χ3v) is 7.07. The molecule has 1 N–H and O–H groups in total. The highest BCUT2D eigenvalue weighted by Crippen LogP contribution is 2.31. The molecule has 0 aromatic heterocycles. The number of hydrogen-bond acceptors (Lipinski definition) is 4. The molecule has 3 aromatic rings. The van der Waals surface area contributed by atoms with Gasteiger partial charge < -0.3 is 10.1 Å². The monoisotopic (exact) mass is 466 g/mol. The van der Waals surface area contributed by atoms with E-state index in [0.717, 1.165) is 32.1 Å². The van der Waals surface area contributed by atoms with Crippen molar-refractivity contribution in [2.45, 2.75) is 39.1 Å². The minimum absolute atomic E-state index is 0.0236. The van der Waals surface area contributed by atoms with Crippen LogP contribution in [0.15, 0.2) is 65.6 Å². The summed E-state index contributed by atoms with van der Waals surface area (Å²) in [6, 6.07) is 18.3. The average molecular weight is 467 g/mol. The zero-order chi connectivity index (χ0) is 24.2. The average Bonchev–Trinajstić information content (AvgIpc) is 2.76. The summed E-state index contributed by atoms with van der Waals surface area (Å²) in [6.07, 6.45) is 0. The summed E-state index contributed by atoms with van der Waals surface area (Å²) in [5.74, 6) is -0.167. The van der Waals surface area contributed by atoms with Crippen LogP contribution in [0.4, 0.5) is 5.69 Å². The number of benzene rings is 3. The van der Waals surface area contributed by atoms with E-state index in [-0.39, 0.29) is 17.2 Å². The SMILES string of the molecule is COc1ccc(C)cc1S(=O)(=O)N(CC(=O)NCc1ccc(C)cc1)c1cc(C)cc(C)c1. The molecule has 0 aliphatic carbocycles. The van der Waals surface area contributed by atoms with Crippen molar-refractivity contribution in [3.8, 4) is 5.75 Å². The van der Waals surface area contributed by atoms with Gasteiger partial charge in [-0.25, -0.2) is 8.42 Å². The van der Waals surface area contributed by atoms with Crippen molar-refractivity contribution in [3.63, 3.8) is 0 Å². The molecule has 0 bridgehead atoms. The number of carbonyl (C=O) groups is 1. The number of methoxy groups -OCH3 is 1. The van der Waals surface area contributed by atoms with Gasteiger partial charge in [-0.15, -0.1) is 0 Å². The van der Waals surface area contributed by atoms with Crippen LogP contribution in [-0.4, -0.2) is 28.0 Å². The zero-order valence-corrected chi connectivity index (χ0v) is 20.5. The van der Waals surface area contributed by atoms with Crippen molar-refractivity contribution in [2.75, 3.05) is 18.0 Å². The van der Waals surface area contributed by atoms with E-state index in [1.165, 1.54) is 7.11 Å². The first-order chi connectivity index (χ1) is 15.6. The third kappa shape index (κ3) is 5.93. The summed E-state index contributed by atoms with van der Waals surface area (Å²) in [6.45, 7) is 7.56. The number of nitrogens with one attached hydrogen (secondary N) is 1. The zero-order valence-electron chi connectivity index (χ0n) is 19.7. The Balaban J connectivity index is 1.97. The van der Waals surface area contributed by atoms with Crippen LogP contribution in [0.3, 0.4) is 0 Å². The van der Waals surface area contributed by atoms with Crippen molar-refractivity contribution in [2.24, 2.45) is 0 Å².